The van der Waals surface area contributed by atoms with E-state index in [2.05, 4.69) is 37.5 Å². The summed E-state index contributed by atoms with van der Waals surface area (Å²) in [7, 11) is 3.51. The summed E-state index contributed by atoms with van der Waals surface area (Å²) in [6.45, 7) is 16.6. The van der Waals surface area contributed by atoms with Crippen LogP contribution in [-0.4, -0.2) is 94.7 Å². The van der Waals surface area contributed by atoms with Gasteiger partial charge in [0.2, 0.25) is 17.7 Å². The molecule has 0 spiro atoms. The zero-order valence-electron chi connectivity index (χ0n) is 27.3. The Bertz CT molecular complexity index is 1130. The van der Waals surface area contributed by atoms with Crippen molar-refractivity contribution in [2.45, 2.75) is 110 Å². The normalized spacial score (nSPS) is 29.0. The molecule has 4 rings (SSSR count). The Morgan fingerprint density at radius 3 is 1.98 bits per heavy atom. The van der Waals surface area contributed by atoms with Gasteiger partial charge in [-0.25, -0.2) is 0 Å². The number of carbonyl (C=O) groups is 3. The monoisotopic (exact) mass is 600 g/mol. The summed E-state index contributed by atoms with van der Waals surface area (Å²) in [5.41, 5.74) is 0.455. The van der Waals surface area contributed by atoms with E-state index in [1.807, 2.05) is 49.9 Å². The fourth-order valence-corrected chi connectivity index (χ4v) is 7.32. The first-order chi connectivity index (χ1) is 19.5. The van der Waals surface area contributed by atoms with Gasteiger partial charge in [-0.3, -0.25) is 19.3 Å². The minimum Gasteiger partial charge on any atom is -0.347 e. The molecule has 234 valence electrons. The second kappa shape index (κ2) is 12.5. The molecule has 1 unspecified atom stereocenters. The molecular formula is C34H53ClN4O3. The van der Waals surface area contributed by atoms with Crippen LogP contribution in [0.5, 0.6) is 0 Å². The average molecular weight is 601 g/mol. The van der Waals surface area contributed by atoms with E-state index in [4.69, 9.17) is 11.6 Å². The highest BCUT2D eigenvalue weighted by Crippen LogP contribution is 2.40. The van der Waals surface area contributed by atoms with Crippen molar-refractivity contribution in [1.82, 2.24) is 19.6 Å². The molecule has 1 aromatic carbocycles. The van der Waals surface area contributed by atoms with E-state index in [1.165, 1.54) is 0 Å². The van der Waals surface area contributed by atoms with Gasteiger partial charge < -0.3 is 14.7 Å². The van der Waals surface area contributed by atoms with E-state index in [-0.39, 0.29) is 47.2 Å². The summed E-state index contributed by atoms with van der Waals surface area (Å²) in [4.78, 5) is 50.2. The molecule has 2 heterocycles. The van der Waals surface area contributed by atoms with Gasteiger partial charge in [-0.15, -0.1) is 0 Å². The van der Waals surface area contributed by atoms with Gasteiger partial charge in [0.05, 0.1) is 12.0 Å². The summed E-state index contributed by atoms with van der Waals surface area (Å²) in [6.07, 6.45) is 4.63. The van der Waals surface area contributed by atoms with Crippen molar-refractivity contribution in [3.05, 3.63) is 34.9 Å². The highest BCUT2D eigenvalue weighted by molar-refractivity contribution is 6.30. The van der Waals surface area contributed by atoms with Crippen molar-refractivity contribution in [3.63, 3.8) is 0 Å². The molecular weight excluding hydrogens is 548 g/mol. The van der Waals surface area contributed by atoms with Crippen LogP contribution in [0.4, 0.5) is 0 Å². The minimum atomic E-state index is -0.579. The van der Waals surface area contributed by atoms with E-state index in [1.54, 1.807) is 19.0 Å². The van der Waals surface area contributed by atoms with Gasteiger partial charge in [-0.2, -0.15) is 0 Å². The number of hydrogen-bond acceptors (Lipinski definition) is 4. The summed E-state index contributed by atoms with van der Waals surface area (Å²) >= 11 is 6.22. The van der Waals surface area contributed by atoms with Gasteiger partial charge in [0.25, 0.3) is 0 Å². The smallest absolute Gasteiger partial charge is 0.244 e. The van der Waals surface area contributed by atoms with Gasteiger partial charge in [0.1, 0.15) is 6.04 Å². The van der Waals surface area contributed by atoms with Crippen molar-refractivity contribution in [2.24, 2.45) is 17.3 Å². The SMILES string of the molecule is CC1CCC(N(C(=O)C(C)(C)C)[C@H]2C[C@@H](C(=O)N(C)C)N(C(=O)C3CN(C(C)(C)C)C[C@H]3c3ccc(Cl)cc3)C2)CC1. The van der Waals surface area contributed by atoms with E-state index < -0.39 is 11.5 Å². The van der Waals surface area contributed by atoms with Gasteiger partial charge in [-0.05, 0) is 76.5 Å². The Balaban J connectivity index is 1.69. The summed E-state index contributed by atoms with van der Waals surface area (Å²) in [5.74, 6) is 0.440. The van der Waals surface area contributed by atoms with Crippen LogP contribution in [-0.2, 0) is 14.4 Å². The Kier molecular flexibility index (Phi) is 9.74. The number of likely N-dealkylation sites (N-methyl/N-ethyl adjacent to an activating group) is 1. The van der Waals surface area contributed by atoms with Crippen molar-refractivity contribution < 1.29 is 14.4 Å². The molecule has 0 aromatic heterocycles. The van der Waals surface area contributed by atoms with E-state index in [0.717, 1.165) is 37.8 Å². The molecule has 0 bridgehead atoms. The first-order valence-electron chi connectivity index (χ1n) is 15.8. The Morgan fingerprint density at radius 2 is 1.45 bits per heavy atom. The van der Waals surface area contributed by atoms with Crippen LogP contribution >= 0.6 is 11.6 Å². The molecule has 3 aliphatic rings. The maximum Gasteiger partial charge on any atom is 0.244 e. The first-order valence-corrected chi connectivity index (χ1v) is 16.2. The van der Waals surface area contributed by atoms with Gasteiger partial charge >= 0.3 is 0 Å². The Labute approximate surface area is 258 Å². The largest absolute Gasteiger partial charge is 0.347 e. The number of hydrogen-bond donors (Lipinski definition) is 0. The van der Waals surface area contributed by atoms with Crippen molar-refractivity contribution >= 4 is 29.3 Å². The van der Waals surface area contributed by atoms with Crippen molar-refractivity contribution in [3.8, 4) is 0 Å². The summed E-state index contributed by atoms with van der Waals surface area (Å²) in [5, 5.41) is 0.673. The number of rotatable bonds is 5. The van der Waals surface area contributed by atoms with Gasteiger partial charge in [-0.1, -0.05) is 51.4 Å². The fourth-order valence-electron chi connectivity index (χ4n) is 7.19. The standard InChI is InChI=1S/C34H53ClN4O3/c1-22-10-16-25(17-11-22)39(32(42)33(2,3)4)26-18-29(31(41)36(8)9)38(19-26)30(40)28-21-37(34(5,6)7)20-27(28)23-12-14-24(35)15-13-23/h12-15,22,25-29H,10-11,16-21H2,1-9H3/t22?,25?,26-,27-,28?,29-/m0/s1. The molecule has 0 N–H and O–H groups in total. The maximum atomic E-state index is 14.7. The lowest BCUT2D eigenvalue weighted by molar-refractivity contribution is -0.146. The molecule has 1 aromatic rings. The number of benzene rings is 1. The molecule has 1 saturated carbocycles. The number of likely N-dealkylation sites (tertiary alicyclic amines) is 2. The summed E-state index contributed by atoms with van der Waals surface area (Å²) < 4.78 is 0. The van der Waals surface area contributed by atoms with Crippen LogP contribution in [0, 0.1) is 17.3 Å². The molecule has 2 saturated heterocycles. The molecule has 0 radical (unpaired) electrons. The number of amides is 3. The topological polar surface area (TPSA) is 64.2 Å². The highest BCUT2D eigenvalue weighted by atomic mass is 35.5. The molecule has 7 nitrogen and oxygen atoms in total. The van der Waals surface area contributed by atoms with Crippen LogP contribution in [0.3, 0.4) is 0 Å². The molecule has 2 aliphatic heterocycles. The minimum absolute atomic E-state index is 0.00436. The van der Waals surface area contributed by atoms with Crippen molar-refractivity contribution in [2.75, 3.05) is 33.7 Å². The molecule has 3 amide bonds. The predicted octanol–water partition coefficient (Wildman–Crippen LogP) is 5.67. The third-order valence-electron chi connectivity index (χ3n) is 9.82. The van der Waals surface area contributed by atoms with Crippen LogP contribution in [0.1, 0.15) is 92.1 Å². The summed E-state index contributed by atoms with van der Waals surface area (Å²) in [6, 6.07) is 7.23. The van der Waals surface area contributed by atoms with E-state index in [0.29, 0.717) is 30.5 Å². The third-order valence-corrected chi connectivity index (χ3v) is 10.1. The molecule has 8 heteroatoms. The van der Waals surface area contributed by atoms with Gasteiger partial charge in [0, 0.05) is 61.7 Å². The fraction of sp³-hybridized carbons (Fsp3) is 0.735. The highest BCUT2D eigenvalue weighted by Gasteiger charge is 2.51. The van der Waals surface area contributed by atoms with Crippen LogP contribution < -0.4 is 0 Å². The van der Waals surface area contributed by atoms with Gasteiger partial charge in [0.15, 0.2) is 0 Å². The maximum absolute atomic E-state index is 14.7. The zero-order valence-corrected chi connectivity index (χ0v) is 28.1. The second-order valence-corrected chi connectivity index (χ2v) is 15.8. The first kappa shape index (κ1) is 32.8. The average Bonchev–Trinajstić information content (AvgIpc) is 3.55. The van der Waals surface area contributed by atoms with Crippen LogP contribution in [0.15, 0.2) is 24.3 Å². The van der Waals surface area contributed by atoms with Crippen LogP contribution in [0.25, 0.3) is 0 Å². The van der Waals surface area contributed by atoms with E-state index >= 15 is 0 Å². The van der Waals surface area contributed by atoms with Crippen molar-refractivity contribution in [1.29, 1.82) is 0 Å². The molecule has 4 atom stereocenters. The lowest BCUT2D eigenvalue weighted by Crippen LogP contribution is -2.53. The third kappa shape index (κ3) is 6.99. The molecule has 1 aliphatic carbocycles. The molecule has 3 fully saturated rings. The quantitative estimate of drug-likeness (QED) is 0.437. The number of nitrogens with zero attached hydrogens (tertiary/aromatic N) is 4. The molecule has 42 heavy (non-hydrogen) atoms. The number of carbonyl (C=O) groups excluding carboxylic acids is 3. The predicted molar refractivity (Wildman–Crippen MR) is 169 cm³/mol. The lowest BCUT2D eigenvalue weighted by atomic mass is 9.84. The lowest BCUT2D eigenvalue weighted by Gasteiger charge is -2.42. The second-order valence-electron chi connectivity index (χ2n) is 15.3. The van der Waals surface area contributed by atoms with E-state index in [9.17, 15) is 14.4 Å². The zero-order chi connectivity index (χ0) is 31.1. The Morgan fingerprint density at radius 1 is 0.857 bits per heavy atom. The van der Waals surface area contributed by atoms with Crippen LogP contribution in [0.2, 0.25) is 5.02 Å². The Hall–Kier alpha value is -2.12. The number of halogens is 1.